The Hall–Kier alpha value is -2.87. The number of halogens is 2. The van der Waals surface area contributed by atoms with E-state index in [1.807, 2.05) is 0 Å². The molecule has 0 saturated carbocycles. The number of urea groups is 1. The largest absolute Gasteiger partial charge is 0.491 e. The number of ether oxygens (including phenoxy) is 2. The Labute approximate surface area is 136 Å². The normalized spacial score (nSPS) is 15.4. The molecule has 2 aromatic rings. The van der Waals surface area contributed by atoms with Gasteiger partial charge in [-0.05, 0) is 18.2 Å². The molecule has 1 atom stereocenters. The number of hydrogen-bond acceptors (Lipinski definition) is 4. The van der Waals surface area contributed by atoms with Gasteiger partial charge in [0.25, 0.3) is 0 Å². The van der Waals surface area contributed by atoms with Gasteiger partial charge in [-0.3, -0.25) is 5.21 Å². The van der Waals surface area contributed by atoms with Gasteiger partial charge in [-0.15, -0.1) is 0 Å². The van der Waals surface area contributed by atoms with E-state index in [-0.39, 0.29) is 18.8 Å². The second-order valence-electron chi connectivity index (χ2n) is 5.15. The Morgan fingerprint density at radius 3 is 2.96 bits per heavy atom. The Kier molecular flexibility index (Phi) is 4.48. The monoisotopic (exact) mass is 336 g/mol. The predicted molar refractivity (Wildman–Crippen MR) is 78.8 cm³/mol. The first-order valence-corrected chi connectivity index (χ1v) is 7.11. The summed E-state index contributed by atoms with van der Waals surface area (Å²) in [7, 11) is 0. The van der Waals surface area contributed by atoms with Crippen LogP contribution in [0, 0.1) is 11.6 Å². The molecule has 3 N–H and O–H groups in total. The smallest absolute Gasteiger partial charge is 0.339 e. The molecule has 6 nitrogen and oxygen atoms in total. The number of carbonyl (C=O) groups excluding carboxylic acids is 1. The van der Waals surface area contributed by atoms with Crippen LogP contribution in [0.15, 0.2) is 36.4 Å². The topological polar surface area (TPSA) is 79.8 Å². The average Bonchev–Trinajstić information content (AvgIpc) is 2.98. The lowest BCUT2D eigenvalue weighted by molar-refractivity contribution is 0.157. The van der Waals surface area contributed by atoms with Crippen LogP contribution in [-0.2, 0) is 6.61 Å². The van der Waals surface area contributed by atoms with Crippen molar-refractivity contribution in [3.05, 3.63) is 59.2 Å². The highest BCUT2D eigenvalue weighted by atomic mass is 19.2. The van der Waals surface area contributed by atoms with Gasteiger partial charge in [0.15, 0.2) is 11.6 Å². The summed E-state index contributed by atoms with van der Waals surface area (Å²) in [5, 5.41) is 11.0. The van der Waals surface area contributed by atoms with E-state index in [2.05, 4.69) is 5.32 Å². The molecule has 0 aromatic heterocycles. The molecule has 2 amide bonds. The zero-order valence-corrected chi connectivity index (χ0v) is 12.4. The molecule has 0 spiro atoms. The van der Waals surface area contributed by atoms with Gasteiger partial charge in [0.1, 0.15) is 24.7 Å². The fraction of sp³-hybridized carbons (Fsp3) is 0.188. The summed E-state index contributed by atoms with van der Waals surface area (Å²) < 4.78 is 37.7. The van der Waals surface area contributed by atoms with Crippen molar-refractivity contribution in [3.8, 4) is 11.5 Å². The van der Waals surface area contributed by atoms with Crippen LogP contribution in [0.4, 0.5) is 13.6 Å². The minimum atomic E-state index is -0.936. The van der Waals surface area contributed by atoms with E-state index in [0.717, 1.165) is 11.6 Å². The van der Waals surface area contributed by atoms with E-state index in [1.165, 1.54) is 17.6 Å². The highest BCUT2D eigenvalue weighted by molar-refractivity contribution is 5.73. The number of rotatable bonds is 4. The molecule has 126 valence electrons. The Morgan fingerprint density at radius 2 is 2.17 bits per heavy atom. The SMILES string of the molecule is O=C(NO)N[C@@H]1COc2cc(OCc3cccc(F)c3F)ccc21. The van der Waals surface area contributed by atoms with Crippen molar-refractivity contribution < 1.29 is 28.3 Å². The molecule has 24 heavy (non-hydrogen) atoms. The van der Waals surface area contributed by atoms with Crippen LogP contribution in [0.2, 0.25) is 0 Å². The first-order valence-electron chi connectivity index (χ1n) is 7.11. The molecular weight excluding hydrogens is 322 g/mol. The Balaban J connectivity index is 1.69. The van der Waals surface area contributed by atoms with E-state index in [4.69, 9.17) is 14.7 Å². The molecule has 0 unspecified atom stereocenters. The summed E-state index contributed by atoms with van der Waals surface area (Å²) in [4.78, 5) is 11.1. The molecule has 1 aliphatic heterocycles. The average molecular weight is 336 g/mol. The molecular formula is C16H14F2N2O4. The Morgan fingerprint density at radius 1 is 1.33 bits per heavy atom. The zero-order chi connectivity index (χ0) is 17.1. The molecule has 0 aliphatic carbocycles. The van der Waals surface area contributed by atoms with Crippen molar-refractivity contribution in [2.75, 3.05) is 6.61 Å². The summed E-state index contributed by atoms with van der Waals surface area (Å²) in [5.41, 5.74) is 2.32. The Bertz CT molecular complexity index is 770. The fourth-order valence-electron chi connectivity index (χ4n) is 2.41. The molecule has 0 bridgehead atoms. The second-order valence-corrected chi connectivity index (χ2v) is 5.15. The number of hydrogen-bond donors (Lipinski definition) is 3. The maximum atomic E-state index is 13.6. The highest BCUT2D eigenvalue weighted by Gasteiger charge is 2.26. The predicted octanol–water partition coefficient (Wildman–Crippen LogP) is 2.67. The quantitative estimate of drug-likeness (QED) is 0.592. The molecule has 0 fully saturated rings. The fourth-order valence-corrected chi connectivity index (χ4v) is 2.41. The van der Waals surface area contributed by atoms with Crippen LogP contribution in [-0.4, -0.2) is 17.8 Å². The molecule has 1 heterocycles. The third kappa shape index (κ3) is 3.23. The molecule has 1 aliphatic rings. The minimum Gasteiger partial charge on any atom is -0.491 e. The maximum Gasteiger partial charge on any atom is 0.339 e. The standard InChI is InChI=1S/C16H14F2N2O4/c17-12-3-1-2-9(15(12)18)7-23-10-4-5-11-13(19-16(21)20-22)8-24-14(11)6-10/h1-6,13,22H,7-8H2,(H2,19,20,21)/t13-/m1/s1. The van der Waals surface area contributed by atoms with Crippen LogP contribution in [0.1, 0.15) is 17.2 Å². The van der Waals surface area contributed by atoms with Crippen molar-refractivity contribution in [1.29, 1.82) is 0 Å². The summed E-state index contributed by atoms with van der Waals surface area (Å²) in [6, 6.07) is 7.68. The lowest BCUT2D eigenvalue weighted by Gasteiger charge is -2.11. The molecule has 2 aromatic carbocycles. The van der Waals surface area contributed by atoms with Crippen molar-refractivity contribution in [1.82, 2.24) is 10.8 Å². The van der Waals surface area contributed by atoms with Crippen molar-refractivity contribution in [2.45, 2.75) is 12.6 Å². The van der Waals surface area contributed by atoms with Gasteiger partial charge in [-0.1, -0.05) is 12.1 Å². The van der Waals surface area contributed by atoms with Crippen LogP contribution in [0.25, 0.3) is 0 Å². The number of amides is 2. The minimum absolute atomic E-state index is 0.107. The van der Waals surface area contributed by atoms with Crippen molar-refractivity contribution >= 4 is 6.03 Å². The third-order valence-electron chi connectivity index (χ3n) is 3.60. The van der Waals surface area contributed by atoms with E-state index in [1.54, 1.807) is 18.2 Å². The van der Waals surface area contributed by atoms with Gasteiger partial charge in [0.05, 0.1) is 6.04 Å². The molecule has 8 heteroatoms. The number of hydroxylamine groups is 1. The number of nitrogens with one attached hydrogen (secondary N) is 2. The van der Waals surface area contributed by atoms with Crippen LogP contribution in [0.5, 0.6) is 11.5 Å². The van der Waals surface area contributed by atoms with E-state index < -0.39 is 23.7 Å². The van der Waals surface area contributed by atoms with Gasteiger partial charge >= 0.3 is 6.03 Å². The van der Waals surface area contributed by atoms with Gasteiger partial charge in [0, 0.05) is 17.2 Å². The summed E-state index contributed by atoms with van der Waals surface area (Å²) in [6.07, 6.45) is 0. The first kappa shape index (κ1) is 16.0. The number of benzene rings is 2. The second kappa shape index (κ2) is 6.71. The van der Waals surface area contributed by atoms with Crippen molar-refractivity contribution in [3.63, 3.8) is 0 Å². The van der Waals surface area contributed by atoms with E-state index in [9.17, 15) is 13.6 Å². The van der Waals surface area contributed by atoms with Crippen LogP contribution in [0.3, 0.4) is 0 Å². The first-order chi connectivity index (χ1) is 11.6. The lowest BCUT2D eigenvalue weighted by Crippen LogP contribution is -2.36. The summed E-state index contributed by atoms with van der Waals surface area (Å²) in [5.74, 6) is -0.932. The molecule has 0 saturated heterocycles. The van der Waals surface area contributed by atoms with Gasteiger partial charge in [-0.2, -0.15) is 0 Å². The van der Waals surface area contributed by atoms with Crippen LogP contribution < -0.4 is 20.3 Å². The summed E-state index contributed by atoms with van der Waals surface area (Å²) >= 11 is 0. The van der Waals surface area contributed by atoms with Gasteiger partial charge in [-0.25, -0.2) is 19.1 Å². The maximum absolute atomic E-state index is 13.6. The third-order valence-corrected chi connectivity index (χ3v) is 3.60. The summed E-state index contributed by atoms with van der Waals surface area (Å²) in [6.45, 7) is 0.0850. The molecule has 0 radical (unpaired) electrons. The van der Waals surface area contributed by atoms with Gasteiger partial charge < -0.3 is 14.8 Å². The van der Waals surface area contributed by atoms with Crippen molar-refractivity contribution in [2.24, 2.45) is 0 Å². The lowest BCUT2D eigenvalue weighted by atomic mass is 10.1. The van der Waals surface area contributed by atoms with E-state index in [0.29, 0.717) is 11.5 Å². The number of carbonyl (C=O) groups is 1. The number of fused-ring (bicyclic) bond motifs is 1. The van der Waals surface area contributed by atoms with Crippen LogP contribution >= 0.6 is 0 Å². The molecule has 3 rings (SSSR count). The zero-order valence-electron chi connectivity index (χ0n) is 12.4. The van der Waals surface area contributed by atoms with E-state index >= 15 is 0 Å². The van der Waals surface area contributed by atoms with Gasteiger partial charge in [0.2, 0.25) is 0 Å². The highest BCUT2D eigenvalue weighted by Crippen LogP contribution is 2.35.